The van der Waals surface area contributed by atoms with Gasteiger partial charge in [0.2, 0.25) is 0 Å². The predicted molar refractivity (Wildman–Crippen MR) is 81.2 cm³/mol. The predicted octanol–water partition coefficient (Wildman–Crippen LogP) is 2.95. The molecule has 0 aromatic heterocycles. The van der Waals surface area contributed by atoms with E-state index in [9.17, 15) is 9.59 Å². The summed E-state index contributed by atoms with van der Waals surface area (Å²) in [5.41, 5.74) is -0.348. The molecule has 1 heterocycles. The molecule has 0 radical (unpaired) electrons. The maximum Gasteiger partial charge on any atom is 0.320 e. The van der Waals surface area contributed by atoms with Gasteiger partial charge in [0.05, 0.1) is 6.42 Å². The van der Waals surface area contributed by atoms with Crippen LogP contribution in [0.15, 0.2) is 0 Å². The van der Waals surface area contributed by atoms with E-state index in [4.69, 9.17) is 5.11 Å². The molecule has 1 saturated heterocycles. The monoisotopic (exact) mass is 296 g/mol. The van der Waals surface area contributed by atoms with Crippen molar-refractivity contribution in [2.75, 3.05) is 13.1 Å². The van der Waals surface area contributed by atoms with Crippen LogP contribution in [0.2, 0.25) is 0 Å². The van der Waals surface area contributed by atoms with Gasteiger partial charge < -0.3 is 14.9 Å². The van der Waals surface area contributed by atoms with Gasteiger partial charge in [0.1, 0.15) is 0 Å². The summed E-state index contributed by atoms with van der Waals surface area (Å²) in [7, 11) is 0. The van der Waals surface area contributed by atoms with E-state index < -0.39 is 5.97 Å². The van der Waals surface area contributed by atoms with Crippen molar-refractivity contribution < 1.29 is 14.7 Å². The highest BCUT2D eigenvalue weighted by atomic mass is 16.4. The molecule has 2 atom stereocenters. The molecule has 21 heavy (non-hydrogen) atoms. The number of carbonyl (C=O) groups is 2. The molecule has 5 nitrogen and oxygen atoms in total. The van der Waals surface area contributed by atoms with Gasteiger partial charge in [-0.1, -0.05) is 12.8 Å². The lowest BCUT2D eigenvalue weighted by Gasteiger charge is -2.41. The summed E-state index contributed by atoms with van der Waals surface area (Å²) in [5, 5.41) is 8.91. The SMILES string of the molecule is CC(C)(C)N(CCC(=O)O)C(=O)N1CCC2CCCCC21. The maximum absolute atomic E-state index is 12.9. The Bertz CT molecular complexity index is 403. The first-order valence-corrected chi connectivity index (χ1v) is 8.10. The minimum absolute atomic E-state index is 0.00491. The topological polar surface area (TPSA) is 60.9 Å². The minimum atomic E-state index is -0.853. The third kappa shape index (κ3) is 3.69. The summed E-state index contributed by atoms with van der Waals surface area (Å²) in [5.74, 6) is -0.196. The fourth-order valence-corrected chi connectivity index (χ4v) is 3.72. The average Bonchev–Trinajstić information content (AvgIpc) is 2.80. The van der Waals surface area contributed by atoms with E-state index in [1.807, 2.05) is 25.7 Å². The molecule has 0 aromatic carbocycles. The van der Waals surface area contributed by atoms with Crippen LogP contribution in [0.3, 0.4) is 0 Å². The number of aliphatic carboxylic acids is 1. The van der Waals surface area contributed by atoms with Crippen LogP contribution in [0.4, 0.5) is 4.79 Å². The lowest BCUT2D eigenvalue weighted by Crippen LogP contribution is -2.54. The lowest BCUT2D eigenvalue weighted by atomic mass is 9.85. The van der Waals surface area contributed by atoms with Gasteiger partial charge in [0, 0.05) is 24.7 Å². The number of urea groups is 1. The third-order valence-corrected chi connectivity index (χ3v) is 4.85. The highest BCUT2D eigenvalue weighted by Crippen LogP contribution is 2.37. The Kier molecular flexibility index (Phi) is 4.79. The molecule has 0 aromatic rings. The first kappa shape index (κ1) is 16.1. The number of nitrogens with zero attached hydrogens (tertiary/aromatic N) is 2. The Morgan fingerprint density at radius 3 is 2.48 bits per heavy atom. The van der Waals surface area contributed by atoms with Crippen molar-refractivity contribution >= 4 is 12.0 Å². The highest BCUT2D eigenvalue weighted by molar-refractivity contribution is 5.77. The fourth-order valence-electron chi connectivity index (χ4n) is 3.72. The van der Waals surface area contributed by atoms with E-state index in [1.165, 1.54) is 19.3 Å². The van der Waals surface area contributed by atoms with E-state index in [2.05, 4.69) is 0 Å². The van der Waals surface area contributed by atoms with Crippen LogP contribution in [0.5, 0.6) is 0 Å². The summed E-state index contributed by atoms with van der Waals surface area (Å²) in [6.45, 7) is 7.03. The van der Waals surface area contributed by atoms with Crippen molar-refractivity contribution in [3.05, 3.63) is 0 Å². The van der Waals surface area contributed by atoms with Gasteiger partial charge in [-0.15, -0.1) is 0 Å². The zero-order valence-corrected chi connectivity index (χ0v) is 13.5. The smallest absolute Gasteiger partial charge is 0.320 e. The van der Waals surface area contributed by atoms with E-state index in [-0.39, 0.29) is 24.5 Å². The number of carbonyl (C=O) groups excluding carboxylic acids is 1. The molecule has 2 aliphatic rings. The lowest BCUT2D eigenvalue weighted by molar-refractivity contribution is -0.137. The number of amides is 2. The standard InChI is InChI=1S/C16H28N2O3/c1-16(2,3)18(11-9-14(19)20)15(21)17-10-8-12-6-4-5-7-13(12)17/h12-13H,4-11H2,1-3H3,(H,19,20). The average molecular weight is 296 g/mol. The van der Waals surface area contributed by atoms with Crippen LogP contribution in [0.25, 0.3) is 0 Å². The van der Waals surface area contributed by atoms with Gasteiger partial charge in [-0.3, -0.25) is 4.79 Å². The molecule has 1 saturated carbocycles. The molecule has 5 heteroatoms. The second kappa shape index (κ2) is 6.24. The van der Waals surface area contributed by atoms with E-state index in [1.54, 1.807) is 4.90 Å². The van der Waals surface area contributed by atoms with E-state index in [0.717, 1.165) is 19.4 Å². The van der Waals surface area contributed by atoms with Crippen LogP contribution in [0, 0.1) is 5.92 Å². The van der Waals surface area contributed by atoms with Crippen molar-refractivity contribution in [1.29, 1.82) is 0 Å². The molecule has 1 aliphatic carbocycles. The molecule has 0 spiro atoms. The van der Waals surface area contributed by atoms with Gasteiger partial charge >= 0.3 is 12.0 Å². The van der Waals surface area contributed by atoms with Crippen LogP contribution >= 0.6 is 0 Å². The molecule has 2 rings (SSSR count). The molecule has 2 fully saturated rings. The van der Waals surface area contributed by atoms with Gasteiger partial charge in [-0.25, -0.2) is 4.79 Å². The van der Waals surface area contributed by atoms with Crippen molar-refractivity contribution in [2.24, 2.45) is 5.92 Å². The van der Waals surface area contributed by atoms with Gasteiger partial charge in [-0.05, 0) is 46.0 Å². The zero-order valence-electron chi connectivity index (χ0n) is 13.5. The zero-order chi connectivity index (χ0) is 15.6. The summed E-state index contributed by atoms with van der Waals surface area (Å²) < 4.78 is 0. The van der Waals surface area contributed by atoms with E-state index >= 15 is 0 Å². The Hall–Kier alpha value is -1.26. The van der Waals surface area contributed by atoms with Crippen LogP contribution in [-0.4, -0.2) is 51.6 Å². The number of hydrogen-bond donors (Lipinski definition) is 1. The molecule has 0 bridgehead atoms. The molecular weight excluding hydrogens is 268 g/mol. The minimum Gasteiger partial charge on any atom is -0.481 e. The Balaban J connectivity index is 2.08. The van der Waals surface area contributed by atoms with Crippen molar-refractivity contribution in [1.82, 2.24) is 9.80 Å². The van der Waals surface area contributed by atoms with Gasteiger partial charge in [0.15, 0.2) is 0 Å². The Morgan fingerprint density at radius 2 is 1.86 bits per heavy atom. The molecule has 1 aliphatic heterocycles. The number of rotatable bonds is 3. The van der Waals surface area contributed by atoms with E-state index in [0.29, 0.717) is 12.0 Å². The summed E-state index contributed by atoms with van der Waals surface area (Å²) >= 11 is 0. The Labute approximate surface area is 127 Å². The quantitative estimate of drug-likeness (QED) is 0.871. The molecule has 2 amide bonds. The first-order valence-electron chi connectivity index (χ1n) is 8.10. The third-order valence-electron chi connectivity index (χ3n) is 4.85. The van der Waals surface area contributed by atoms with Crippen LogP contribution in [-0.2, 0) is 4.79 Å². The number of hydrogen-bond acceptors (Lipinski definition) is 2. The largest absolute Gasteiger partial charge is 0.481 e. The molecular formula is C16H28N2O3. The normalized spacial score (nSPS) is 25.6. The highest BCUT2D eigenvalue weighted by Gasteiger charge is 2.41. The second-order valence-electron chi connectivity index (χ2n) is 7.34. The number of carboxylic acid groups (broad SMARTS) is 1. The Morgan fingerprint density at radius 1 is 1.19 bits per heavy atom. The molecule has 2 unspecified atom stereocenters. The fraction of sp³-hybridized carbons (Fsp3) is 0.875. The van der Waals surface area contributed by atoms with Crippen molar-refractivity contribution in [3.63, 3.8) is 0 Å². The number of carboxylic acids is 1. The molecule has 1 N–H and O–H groups in total. The number of likely N-dealkylation sites (tertiary alicyclic amines) is 1. The summed E-state index contributed by atoms with van der Waals surface area (Å²) in [4.78, 5) is 27.5. The van der Waals surface area contributed by atoms with Crippen LogP contribution in [0.1, 0.15) is 59.3 Å². The summed E-state index contributed by atoms with van der Waals surface area (Å²) in [6.07, 6.45) is 5.94. The molecule has 120 valence electrons. The van der Waals surface area contributed by atoms with Gasteiger partial charge in [-0.2, -0.15) is 0 Å². The van der Waals surface area contributed by atoms with Crippen molar-refractivity contribution in [2.45, 2.75) is 70.9 Å². The van der Waals surface area contributed by atoms with Gasteiger partial charge in [0.25, 0.3) is 0 Å². The number of fused-ring (bicyclic) bond motifs is 1. The van der Waals surface area contributed by atoms with Crippen LogP contribution < -0.4 is 0 Å². The second-order valence-corrected chi connectivity index (χ2v) is 7.34. The summed E-state index contributed by atoms with van der Waals surface area (Å²) in [6, 6.07) is 0.402. The van der Waals surface area contributed by atoms with Crippen molar-refractivity contribution in [3.8, 4) is 0 Å². The first-order chi connectivity index (χ1) is 9.80. The maximum atomic E-state index is 12.9.